The van der Waals surface area contributed by atoms with Gasteiger partial charge in [-0.2, -0.15) is 17.5 Å². The second-order valence-electron chi connectivity index (χ2n) is 7.52. The summed E-state index contributed by atoms with van der Waals surface area (Å²) in [4.78, 5) is 18.2. The van der Waals surface area contributed by atoms with Crippen LogP contribution in [-0.4, -0.2) is 57.0 Å². The summed E-state index contributed by atoms with van der Waals surface area (Å²) >= 11 is 0. The van der Waals surface area contributed by atoms with Gasteiger partial charge in [0.2, 0.25) is 15.9 Å². The van der Waals surface area contributed by atoms with E-state index in [1.54, 1.807) is 0 Å². The van der Waals surface area contributed by atoms with Gasteiger partial charge in [-0.15, -0.1) is 0 Å². The summed E-state index contributed by atoms with van der Waals surface area (Å²) in [5.41, 5.74) is -0.926. The summed E-state index contributed by atoms with van der Waals surface area (Å²) in [5, 5.41) is 0. The Hall–Kier alpha value is -2.57. The van der Waals surface area contributed by atoms with Gasteiger partial charge >= 0.3 is 6.18 Å². The number of halogens is 4. The molecule has 1 aliphatic rings. The van der Waals surface area contributed by atoms with Crippen molar-refractivity contribution in [2.75, 3.05) is 38.3 Å². The Kier molecular flexibility index (Phi) is 7.70. The van der Waals surface area contributed by atoms with E-state index in [0.29, 0.717) is 6.20 Å². The van der Waals surface area contributed by atoms with Crippen molar-refractivity contribution >= 4 is 21.7 Å². The molecule has 1 aliphatic heterocycles. The minimum absolute atomic E-state index is 0.0376. The first-order valence-corrected chi connectivity index (χ1v) is 11.6. The van der Waals surface area contributed by atoms with E-state index in [0.717, 1.165) is 24.3 Å². The molecule has 0 bridgehead atoms. The van der Waals surface area contributed by atoms with Gasteiger partial charge in [-0.05, 0) is 49.2 Å². The summed E-state index contributed by atoms with van der Waals surface area (Å²) in [6, 6.07) is 6.48. The highest BCUT2D eigenvalue weighted by molar-refractivity contribution is 7.89. The standard InChI is InChI=1S/C21H23F4N3O4S/c1-32-13-12-28(19-7-2-16(14-26-19)21(23,24)25)20(29)15-8-10-27(11-9-15)33(30,31)18-5-3-17(22)4-6-18/h2-7,14-15H,8-13H2,1H3. The number of nitrogens with zero attached hydrogens (tertiary/aromatic N) is 3. The number of carbonyl (C=O) groups is 1. The van der Waals surface area contributed by atoms with Crippen LogP contribution < -0.4 is 4.90 Å². The summed E-state index contributed by atoms with van der Waals surface area (Å²) < 4.78 is 83.4. The Morgan fingerprint density at radius 3 is 2.30 bits per heavy atom. The van der Waals surface area contributed by atoms with Crippen molar-refractivity contribution in [1.29, 1.82) is 0 Å². The quantitative estimate of drug-likeness (QED) is 0.558. The fraction of sp³-hybridized carbons (Fsp3) is 0.429. The lowest BCUT2D eigenvalue weighted by Crippen LogP contribution is -2.45. The van der Waals surface area contributed by atoms with Gasteiger partial charge in [0.25, 0.3) is 0 Å². The number of benzene rings is 1. The monoisotopic (exact) mass is 489 g/mol. The third-order valence-electron chi connectivity index (χ3n) is 5.39. The molecule has 0 atom stereocenters. The Bertz CT molecular complexity index is 1050. The predicted molar refractivity (Wildman–Crippen MR) is 111 cm³/mol. The minimum Gasteiger partial charge on any atom is -0.383 e. The van der Waals surface area contributed by atoms with Crippen LogP contribution in [0, 0.1) is 11.7 Å². The number of rotatable bonds is 7. The molecule has 33 heavy (non-hydrogen) atoms. The van der Waals surface area contributed by atoms with Gasteiger partial charge < -0.3 is 4.74 Å². The molecular formula is C21H23F4N3O4S. The molecule has 1 aromatic carbocycles. The fourth-order valence-corrected chi connectivity index (χ4v) is 5.02. The minimum atomic E-state index is -4.55. The van der Waals surface area contributed by atoms with Gasteiger partial charge in [-0.3, -0.25) is 9.69 Å². The maximum absolute atomic E-state index is 13.1. The first kappa shape index (κ1) is 25.1. The van der Waals surface area contributed by atoms with Crippen molar-refractivity contribution in [3.05, 3.63) is 54.0 Å². The van der Waals surface area contributed by atoms with Crippen molar-refractivity contribution in [1.82, 2.24) is 9.29 Å². The number of aromatic nitrogens is 1. The molecule has 0 saturated carbocycles. The fourth-order valence-electron chi connectivity index (χ4n) is 3.55. The van der Waals surface area contributed by atoms with Gasteiger partial charge in [0.05, 0.1) is 23.6 Å². The molecule has 0 aliphatic carbocycles. The van der Waals surface area contributed by atoms with E-state index in [4.69, 9.17) is 4.74 Å². The number of piperidine rings is 1. The third-order valence-corrected chi connectivity index (χ3v) is 7.30. The topological polar surface area (TPSA) is 79.8 Å². The molecule has 1 aromatic heterocycles. The van der Waals surface area contributed by atoms with Crippen molar-refractivity contribution < 1.29 is 35.5 Å². The molecule has 0 N–H and O–H groups in total. The van der Waals surface area contributed by atoms with Crippen LogP contribution in [0.5, 0.6) is 0 Å². The zero-order valence-electron chi connectivity index (χ0n) is 17.8. The normalized spacial score (nSPS) is 16.0. The molecule has 7 nitrogen and oxygen atoms in total. The number of sulfonamides is 1. The number of alkyl halides is 3. The Morgan fingerprint density at radius 2 is 1.79 bits per heavy atom. The number of methoxy groups -OCH3 is 1. The SMILES string of the molecule is COCCN(C(=O)C1CCN(S(=O)(=O)c2ccc(F)cc2)CC1)c1ccc(C(F)(F)F)cn1. The van der Waals surface area contributed by atoms with E-state index in [1.165, 1.54) is 28.4 Å². The van der Waals surface area contributed by atoms with Gasteiger partial charge in [0.1, 0.15) is 11.6 Å². The van der Waals surface area contributed by atoms with Crippen LogP contribution in [0.15, 0.2) is 47.5 Å². The van der Waals surface area contributed by atoms with Gasteiger partial charge in [-0.25, -0.2) is 17.8 Å². The predicted octanol–water partition coefficient (Wildman–Crippen LogP) is 3.32. The zero-order valence-corrected chi connectivity index (χ0v) is 18.6. The van der Waals surface area contributed by atoms with Crippen LogP contribution in [0.2, 0.25) is 0 Å². The second-order valence-corrected chi connectivity index (χ2v) is 9.46. The number of ether oxygens (including phenoxy) is 1. The number of hydrogen-bond acceptors (Lipinski definition) is 5. The Balaban J connectivity index is 1.71. The van der Waals surface area contributed by atoms with E-state index in [9.17, 15) is 30.8 Å². The van der Waals surface area contributed by atoms with Crippen LogP contribution >= 0.6 is 0 Å². The summed E-state index contributed by atoms with van der Waals surface area (Å²) in [5.74, 6) is -1.39. The van der Waals surface area contributed by atoms with Crippen LogP contribution in [0.1, 0.15) is 18.4 Å². The molecule has 1 saturated heterocycles. The Morgan fingerprint density at radius 1 is 1.15 bits per heavy atom. The number of anilines is 1. The lowest BCUT2D eigenvalue weighted by atomic mass is 9.96. The molecule has 0 spiro atoms. The summed E-state index contributed by atoms with van der Waals surface area (Å²) in [6.45, 7) is 0.386. The summed E-state index contributed by atoms with van der Waals surface area (Å²) in [7, 11) is -2.40. The smallest absolute Gasteiger partial charge is 0.383 e. The van der Waals surface area contributed by atoms with Crippen LogP contribution in [0.3, 0.4) is 0 Å². The first-order valence-electron chi connectivity index (χ1n) is 10.1. The molecule has 1 fully saturated rings. The number of amides is 1. The third kappa shape index (κ3) is 5.87. The maximum Gasteiger partial charge on any atom is 0.417 e. The first-order chi connectivity index (χ1) is 15.5. The van der Waals surface area contributed by atoms with Gasteiger partial charge in [0, 0.05) is 32.3 Å². The number of hydrogen-bond donors (Lipinski definition) is 0. The molecule has 2 aromatic rings. The van der Waals surface area contributed by atoms with Gasteiger partial charge in [-0.1, -0.05) is 0 Å². The average molecular weight is 489 g/mol. The molecule has 180 valence electrons. The molecule has 1 amide bonds. The van der Waals surface area contributed by atoms with Crippen molar-refractivity contribution in [2.45, 2.75) is 23.9 Å². The average Bonchev–Trinajstić information content (AvgIpc) is 2.79. The molecule has 2 heterocycles. The van der Waals surface area contributed by atoms with Crippen LogP contribution in [0.25, 0.3) is 0 Å². The van der Waals surface area contributed by atoms with Crippen LogP contribution in [0.4, 0.5) is 23.4 Å². The molecular weight excluding hydrogens is 466 g/mol. The molecule has 12 heteroatoms. The van der Waals surface area contributed by atoms with E-state index < -0.39 is 33.5 Å². The zero-order chi connectivity index (χ0) is 24.2. The molecule has 0 radical (unpaired) electrons. The van der Waals surface area contributed by atoms with E-state index >= 15 is 0 Å². The summed E-state index contributed by atoms with van der Waals surface area (Å²) in [6.07, 6.45) is -3.43. The van der Waals surface area contributed by atoms with E-state index in [-0.39, 0.29) is 55.7 Å². The van der Waals surface area contributed by atoms with Crippen molar-refractivity contribution in [3.63, 3.8) is 0 Å². The van der Waals surface area contributed by atoms with Crippen molar-refractivity contribution in [2.24, 2.45) is 5.92 Å². The second kappa shape index (κ2) is 10.1. The van der Waals surface area contributed by atoms with E-state index in [1.807, 2.05) is 0 Å². The van der Waals surface area contributed by atoms with E-state index in [2.05, 4.69) is 4.98 Å². The van der Waals surface area contributed by atoms with Crippen LogP contribution in [-0.2, 0) is 25.7 Å². The highest BCUT2D eigenvalue weighted by Crippen LogP contribution is 2.30. The van der Waals surface area contributed by atoms with Crippen molar-refractivity contribution in [3.8, 4) is 0 Å². The lowest BCUT2D eigenvalue weighted by molar-refractivity contribution is -0.137. The number of pyridine rings is 1. The lowest BCUT2D eigenvalue weighted by Gasteiger charge is -2.33. The molecule has 0 unspecified atom stereocenters. The highest BCUT2D eigenvalue weighted by Gasteiger charge is 2.35. The largest absolute Gasteiger partial charge is 0.417 e. The number of carbonyl (C=O) groups excluding carboxylic acids is 1. The Labute approximate surface area is 189 Å². The maximum atomic E-state index is 13.1. The van der Waals surface area contributed by atoms with Gasteiger partial charge in [0.15, 0.2) is 0 Å². The molecule has 3 rings (SSSR count). The highest BCUT2D eigenvalue weighted by atomic mass is 32.2.